The van der Waals surface area contributed by atoms with Gasteiger partial charge >= 0.3 is 0 Å². The van der Waals surface area contributed by atoms with Crippen LogP contribution in [0.2, 0.25) is 0 Å². The van der Waals surface area contributed by atoms with Crippen LogP contribution in [0, 0.1) is 10.8 Å². The lowest BCUT2D eigenvalue weighted by Crippen LogP contribution is -2.64. The average Bonchev–Trinajstić information content (AvgIpc) is 2.46. The summed E-state index contributed by atoms with van der Waals surface area (Å²) in [6.07, 6.45) is 0. The molecule has 0 radical (unpaired) electrons. The zero-order valence-electron chi connectivity index (χ0n) is 15.3. The predicted molar refractivity (Wildman–Crippen MR) is 102 cm³/mol. The summed E-state index contributed by atoms with van der Waals surface area (Å²) in [6.45, 7) is 13.7. The van der Waals surface area contributed by atoms with Gasteiger partial charge in [0, 0.05) is 22.2 Å². The Balaban J connectivity index is 2.51. The van der Waals surface area contributed by atoms with Crippen LogP contribution in [0.5, 0.6) is 0 Å². The first-order valence-electron chi connectivity index (χ1n) is 8.32. The van der Waals surface area contributed by atoms with Gasteiger partial charge in [-0.1, -0.05) is 77.9 Å². The maximum atomic E-state index is 3.81. The van der Waals surface area contributed by atoms with Crippen LogP contribution in [0.4, 0.5) is 11.4 Å². The Hall–Kier alpha value is -1.96. The molecule has 2 nitrogen and oxygen atoms in total. The van der Waals surface area contributed by atoms with Crippen LogP contribution >= 0.6 is 0 Å². The number of nitrogens with one attached hydrogen (secondary N) is 2. The van der Waals surface area contributed by atoms with E-state index in [1.807, 2.05) is 12.1 Å². The Bertz CT molecular complexity index is 546. The molecule has 2 rings (SSSR count). The summed E-state index contributed by atoms with van der Waals surface area (Å²) in [4.78, 5) is 0. The van der Waals surface area contributed by atoms with Gasteiger partial charge in [0.2, 0.25) is 0 Å². The monoisotopic (exact) mass is 310 g/mol. The molecule has 0 bridgehead atoms. The van der Waals surface area contributed by atoms with Gasteiger partial charge in [-0.25, -0.2) is 0 Å². The smallest absolute Gasteiger partial charge is 0.118 e. The van der Waals surface area contributed by atoms with E-state index >= 15 is 0 Å². The first kappa shape index (κ1) is 17.4. The summed E-state index contributed by atoms with van der Waals surface area (Å²) < 4.78 is 0. The van der Waals surface area contributed by atoms with Crippen LogP contribution in [-0.4, -0.2) is 5.66 Å². The van der Waals surface area contributed by atoms with Crippen LogP contribution in [-0.2, 0) is 0 Å². The second-order valence-electron chi connectivity index (χ2n) is 8.23. The molecule has 0 aliphatic heterocycles. The molecular weight excluding hydrogens is 280 g/mol. The van der Waals surface area contributed by atoms with E-state index in [0.29, 0.717) is 0 Å². The van der Waals surface area contributed by atoms with Crippen molar-refractivity contribution in [1.29, 1.82) is 0 Å². The number of hydrogen-bond donors (Lipinski definition) is 2. The molecule has 0 amide bonds. The van der Waals surface area contributed by atoms with Gasteiger partial charge < -0.3 is 10.6 Å². The molecule has 0 fully saturated rings. The topological polar surface area (TPSA) is 24.1 Å². The molecule has 0 unspecified atom stereocenters. The molecule has 0 atom stereocenters. The number of benzene rings is 2. The normalized spacial score (nSPS) is 12.8. The fraction of sp³-hybridized carbons (Fsp3) is 0.429. The fourth-order valence-electron chi connectivity index (χ4n) is 3.38. The van der Waals surface area contributed by atoms with Crippen LogP contribution < -0.4 is 10.6 Å². The highest BCUT2D eigenvalue weighted by atomic mass is 15.2. The van der Waals surface area contributed by atoms with Crippen molar-refractivity contribution < 1.29 is 0 Å². The molecule has 2 aromatic carbocycles. The molecule has 2 aromatic rings. The van der Waals surface area contributed by atoms with Crippen LogP contribution in [0.25, 0.3) is 0 Å². The zero-order chi connectivity index (χ0) is 17.1. The maximum Gasteiger partial charge on any atom is 0.118 e. The minimum atomic E-state index is -0.317. The number of para-hydroxylation sites is 2. The molecule has 0 heterocycles. The summed E-state index contributed by atoms with van der Waals surface area (Å²) in [5.74, 6) is 0. The quantitative estimate of drug-likeness (QED) is 0.677. The van der Waals surface area contributed by atoms with Crippen molar-refractivity contribution in [2.24, 2.45) is 10.8 Å². The number of hydrogen-bond acceptors (Lipinski definition) is 2. The highest BCUT2D eigenvalue weighted by Gasteiger charge is 2.51. The van der Waals surface area contributed by atoms with E-state index in [1.165, 1.54) is 0 Å². The van der Waals surface area contributed by atoms with Crippen molar-refractivity contribution in [2.45, 2.75) is 47.2 Å². The van der Waals surface area contributed by atoms with Crippen molar-refractivity contribution >= 4 is 11.4 Å². The predicted octanol–water partition coefficient (Wildman–Crippen LogP) is 6.00. The lowest BCUT2D eigenvalue weighted by atomic mass is 9.65. The molecule has 2 N–H and O–H groups in total. The third kappa shape index (κ3) is 3.69. The number of rotatable bonds is 4. The van der Waals surface area contributed by atoms with Crippen molar-refractivity contribution in [3.05, 3.63) is 60.7 Å². The van der Waals surface area contributed by atoms with Crippen molar-refractivity contribution in [2.75, 3.05) is 10.6 Å². The van der Waals surface area contributed by atoms with Gasteiger partial charge in [-0.2, -0.15) is 0 Å². The standard InChI is InChI=1S/C21H30N2/c1-19(2,3)21(20(4,5)6,22-17-13-9-7-10-14-17)23-18-15-11-8-12-16-18/h7-16,22-23H,1-6H3. The second-order valence-corrected chi connectivity index (χ2v) is 8.23. The van der Waals surface area contributed by atoms with Crippen LogP contribution in [0.15, 0.2) is 60.7 Å². The number of anilines is 2. The Morgan fingerprint density at radius 3 is 1.09 bits per heavy atom. The van der Waals surface area contributed by atoms with E-state index < -0.39 is 0 Å². The zero-order valence-corrected chi connectivity index (χ0v) is 15.3. The van der Waals surface area contributed by atoms with Crippen molar-refractivity contribution in [3.63, 3.8) is 0 Å². The van der Waals surface area contributed by atoms with E-state index in [2.05, 4.69) is 101 Å². The first-order chi connectivity index (χ1) is 10.7. The lowest BCUT2D eigenvalue weighted by Gasteiger charge is -2.55. The Labute approximate surface area is 141 Å². The van der Waals surface area contributed by atoms with Crippen LogP contribution in [0.3, 0.4) is 0 Å². The molecule has 0 spiro atoms. The van der Waals surface area contributed by atoms with Crippen LogP contribution in [0.1, 0.15) is 41.5 Å². The largest absolute Gasteiger partial charge is 0.362 e. The van der Waals surface area contributed by atoms with E-state index in [-0.39, 0.29) is 16.5 Å². The van der Waals surface area contributed by atoms with Crippen molar-refractivity contribution in [1.82, 2.24) is 0 Å². The molecule has 124 valence electrons. The van der Waals surface area contributed by atoms with Gasteiger partial charge in [-0.3, -0.25) is 0 Å². The minimum Gasteiger partial charge on any atom is -0.362 e. The van der Waals surface area contributed by atoms with Gasteiger partial charge in [0.25, 0.3) is 0 Å². The van der Waals surface area contributed by atoms with Gasteiger partial charge in [-0.05, 0) is 24.3 Å². The summed E-state index contributed by atoms with van der Waals surface area (Å²) in [7, 11) is 0. The van der Waals surface area contributed by atoms with E-state index in [4.69, 9.17) is 0 Å². The Morgan fingerprint density at radius 2 is 0.826 bits per heavy atom. The van der Waals surface area contributed by atoms with Gasteiger partial charge in [0.1, 0.15) is 5.66 Å². The fourth-order valence-corrected chi connectivity index (χ4v) is 3.38. The third-order valence-corrected chi connectivity index (χ3v) is 4.46. The molecular formula is C21H30N2. The maximum absolute atomic E-state index is 3.81. The average molecular weight is 310 g/mol. The molecule has 0 aromatic heterocycles. The summed E-state index contributed by atoms with van der Waals surface area (Å²) >= 11 is 0. The molecule has 0 aliphatic rings. The summed E-state index contributed by atoms with van der Waals surface area (Å²) in [5.41, 5.74) is 1.90. The minimum absolute atomic E-state index is 0.0169. The highest BCUT2D eigenvalue weighted by molar-refractivity contribution is 5.54. The Kier molecular flexibility index (Phi) is 4.74. The molecule has 0 saturated heterocycles. The molecule has 23 heavy (non-hydrogen) atoms. The highest BCUT2D eigenvalue weighted by Crippen LogP contribution is 2.46. The molecule has 2 heteroatoms. The third-order valence-electron chi connectivity index (χ3n) is 4.46. The Morgan fingerprint density at radius 1 is 0.522 bits per heavy atom. The van der Waals surface area contributed by atoms with Crippen molar-refractivity contribution in [3.8, 4) is 0 Å². The van der Waals surface area contributed by atoms with Gasteiger partial charge in [0.05, 0.1) is 0 Å². The molecule has 0 saturated carbocycles. The van der Waals surface area contributed by atoms with Gasteiger partial charge in [-0.15, -0.1) is 0 Å². The van der Waals surface area contributed by atoms with E-state index in [9.17, 15) is 0 Å². The second kappa shape index (κ2) is 6.27. The molecule has 0 aliphatic carbocycles. The van der Waals surface area contributed by atoms with E-state index in [1.54, 1.807) is 0 Å². The van der Waals surface area contributed by atoms with Gasteiger partial charge in [0.15, 0.2) is 0 Å². The summed E-state index contributed by atoms with van der Waals surface area (Å²) in [5, 5.41) is 7.62. The SMILES string of the molecule is CC(C)(C)C(Nc1ccccc1)(Nc1ccccc1)C(C)(C)C. The lowest BCUT2D eigenvalue weighted by molar-refractivity contribution is 0.107. The van der Waals surface area contributed by atoms with E-state index in [0.717, 1.165) is 11.4 Å². The first-order valence-corrected chi connectivity index (χ1v) is 8.32. The summed E-state index contributed by atoms with van der Waals surface area (Å²) in [6, 6.07) is 20.9.